The van der Waals surface area contributed by atoms with Crippen LogP contribution in [0.1, 0.15) is 0 Å². The molecule has 0 spiro atoms. The van der Waals surface area contributed by atoms with Crippen molar-refractivity contribution in [1.82, 2.24) is 5.16 Å². The van der Waals surface area contributed by atoms with E-state index in [-0.39, 0.29) is 11.6 Å². The Morgan fingerprint density at radius 3 is 2.80 bits per heavy atom. The van der Waals surface area contributed by atoms with Crippen molar-refractivity contribution in [2.24, 2.45) is 0 Å². The summed E-state index contributed by atoms with van der Waals surface area (Å²) < 4.78 is 22.8. The monoisotopic (exact) mass is 208 g/mol. The highest BCUT2D eigenvalue weighted by Gasteiger charge is 2.10. The van der Waals surface area contributed by atoms with Gasteiger partial charge < -0.3 is 15.0 Å². The number of halogens is 1. The SMILES string of the molecule is COc1ccc(-c2cnoc2N)cc1F. The van der Waals surface area contributed by atoms with E-state index < -0.39 is 5.82 Å². The van der Waals surface area contributed by atoms with Gasteiger partial charge in [-0.3, -0.25) is 0 Å². The summed E-state index contributed by atoms with van der Waals surface area (Å²) in [5, 5.41) is 3.52. The summed E-state index contributed by atoms with van der Waals surface area (Å²) in [4.78, 5) is 0. The summed E-state index contributed by atoms with van der Waals surface area (Å²) in [6, 6.07) is 4.53. The predicted octanol–water partition coefficient (Wildman–Crippen LogP) is 2.07. The van der Waals surface area contributed by atoms with Crippen LogP contribution in [0.2, 0.25) is 0 Å². The third kappa shape index (κ3) is 1.63. The lowest BCUT2D eigenvalue weighted by molar-refractivity contribution is 0.386. The summed E-state index contributed by atoms with van der Waals surface area (Å²) in [6.45, 7) is 0. The van der Waals surface area contributed by atoms with Crippen molar-refractivity contribution >= 4 is 5.88 Å². The van der Waals surface area contributed by atoms with E-state index >= 15 is 0 Å². The Balaban J connectivity index is 2.47. The van der Waals surface area contributed by atoms with Crippen LogP contribution in [0, 0.1) is 5.82 Å². The lowest BCUT2D eigenvalue weighted by Gasteiger charge is -2.03. The van der Waals surface area contributed by atoms with Crippen LogP contribution in [-0.4, -0.2) is 12.3 Å². The smallest absolute Gasteiger partial charge is 0.229 e. The minimum absolute atomic E-state index is 0.166. The van der Waals surface area contributed by atoms with Gasteiger partial charge in [-0.2, -0.15) is 0 Å². The molecule has 0 radical (unpaired) electrons. The molecule has 0 fully saturated rings. The fraction of sp³-hybridized carbons (Fsp3) is 0.100. The molecule has 1 aromatic heterocycles. The molecule has 0 aliphatic carbocycles. The summed E-state index contributed by atoms with van der Waals surface area (Å²) in [5.41, 5.74) is 6.68. The van der Waals surface area contributed by atoms with Gasteiger partial charge in [-0.15, -0.1) is 0 Å². The molecule has 5 heteroatoms. The summed E-state index contributed by atoms with van der Waals surface area (Å²) in [6.07, 6.45) is 1.44. The number of methoxy groups -OCH3 is 1. The number of benzene rings is 1. The standard InChI is InChI=1S/C10H9FN2O2/c1-14-9-3-2-6(4-8(9)11)7-5-13-15-10(7)12/h2-5H,12H2,1H3. The maximum absolute atomic E-state index is 13.4. The number of nitrogen functional groups attached to an aromatic ring is 1. The molecule has 1 aromatic carbocycles. The van der Waals surface area contributed by atoms with Crippen LogP contribution >= 0.6 is 0 Å². The minimum atomic E-state index is -0.449. The number of hydrogen-bond donors (Lipinski definition) is 1. The second kappa shape index (κ2) is 3.61. The fourth-order valence-electron chi connectivity index (χ4n) is 1.30. The van der Waals surface area contributed by atoms with Crippen LogP contribution in [0.25, 0.3) is 11.1 Å². The molecule has 2 aromatic rings. The van der Waals surface area contributed by atoms with Gasteiger partial charge in [0.1, 0.15) is 0 Å². The maximum atomic E-state index is 13.4. The van der Waals surface area contributed by atoms with Crippen molar-refractivity contribution in [3.05, 3.63) is 30.2 Å². The predicted molar refractivity (Wildman–Crippen MR) is 52.9 cm³/mol. The molecular formula is C10H9FN2O2. The zero-order chi connectivity index (χ0) is 10.8. The Kier molecular flexibility index (Phi) is 2.29. The highest BCUT2D eigenvalue weighted by Crippen LogP contribution is 2.28. The summed E-state index contributed by atoms with van der Waals surface area (Å²) in [7, 11) is 1.41. The van der Waals surface area contributed by atoms with Crippen LogP contribution < -0.4 is 10.5 Å². The van der Waals surface area contributed by atoms with Gasteiger partial charge in [0.2, 0.25) is 5.88 Å². The van der Waals surface area contributed by atoms with Gasteiger partial charge in [-0.1, -0.05) is 11.2 Å². The molecule has 0 atom stereocenters. The highest BCUT2D eigenvalue weighted by molar-refractivity contribution is 5.72. The number of ether oxygens (including phenoxy) is 1. The Morgan fingerprint density at radius 2 is 2.27 bits per heavy atom. The molecule has 0 aliphatic rings. The lowest BCUT2D eigenvalue weighted by Crippen LogP contribution is -1.89. The van der Waals surface area contributed by atoms with Crippen LogP contribution in [0.5, 0.6) is 5.75 Å². The first-order valence-corrected chi connectivity index (χ1v) is 4.26. The van der Waals surface area contributed by atoms with Gasteiger partial charge in [0.25, 0.3) is 0 Å². The van der Waals surface area contributed by atoms with Crippen molar-refractivity contribution in [3.8, 4) is 16.9 Å². The number of rotatable bonds is 2. The molecule has 2 N–H and O–H groups in total. The van der Waals surface area contributed by atoms with Gasteiger partial charge in [0.15, 0.2) is 11.6 Å². The van der Waals surface area contributed by atoms with E-state index in [0.29, 0.717) is 11.1 Å². The Hall–Kier alpha value is -2.04. The van der Waals surface area contributed by atoms with E-state index in [2.05, 4.69) is 9.68 Å². The van der Waals surface area contributed by atoms with E-state index in [0.717, 1.165) is 0 Å². The van der Waals surface area contributed by atoms with Crippen molar-refractivity contribution < 1.29 is 13.7 Å². The van der Waals surface area contributed by atoms with E-state index in [1.165, 1.54) is 25.4 Å². The topological polar surface area (TPSA) is 61.3 Å². The van der Waals surface area contributed by atoms with Gasteiger partial charge in [-0.25, -0.2) is 4.39 Å². The van der Waals surface area contributed by atoms with E-state index in [9.17, 15) is 4.39 Å². The second-order valence-corrected chi connectivity index (χ2v) is 2.95. The molecule has 2 rings (SSSR count). The first kappa shape index (κ1) is 9.51. The van der Waals surface area contributed by atoms with E-state index in [1.807, 2.05) is 0 Å². The fourth-order valence-corrected chi connectivity index (χ4v) is 1.30. The molecule has 0 saturated heterocycles. The Bertz CT molecular complexity index is 482. The average Bonchev–Trinajstić information content (AvgIpc) is 2.64. The number of hydrogen-bond acceptors (Lipinski definition) is 4. The van der Waals surface area contributed by atoms with Crippen molar-refractivity contribution in [2.75, 3.05) is 12.8 Å². The Morgan fingerprint density at radius 1 is 1.47 bits per heavy atom. The molecule has 0 aliphatic heterocycles. The van der Waals surface area contributed by atoms with Gasteiger partial charge in [0, 0.05) is 0 Å². The molecule has 4 nitrogen and oxygen atoms in total. The molecular weight excluding hydrogens is 199 g/mol. The zero-order valence-electron chi connectivity index (χ0n) is 8.03. The third-order valence-corrected chi connectivity index (χ3v) is 2.06. The molecule has 78 valence electrons. The van der Waals surface area contributed by atoms with Crippen LogP contribution in [0.3, 0.4) is 0 Å². The Labute approximate surface area is 85.4 Å². The maximum Gasteiger partial charge on any atom is 0.229 e. The number of anilines is 1. The van der Waals surface area contributed by atoms with Crippen LogP contribution in [0.15, 0.2) is 28.9 Å². The van der Waals surface area contributed by atoms with Gasteiger partial charge in [-0.05, 0) is 17.7 Å². The van der Waals surface area contributed by atoms with Crippen LogP contribution in [-0.2, 0) is 0 Å². The molecule has 0 bridgehead atoms. The first-order valence-electron chi connectivity index (χ1n) is 4.26. The van der Waals surface area contributed by atoms with Crippen molar-refractivity contribution in [1.29, 1.82) is 0 Å². The third-order valence-electron chi connectivity index (χ3n) is 2.06. The van der Waals surface area contributed by atoms with Crippen molar-refractivity contribution in [2.45, 2.75) is 0 Å². The molecule has 0 saturated carbocycles. The minimum Gasteiger partial charge on any atom is -0.494 e. The van der Waals surface area contributed by atoms with Gasteiger partial charge in [0.05, 0.1) is 18.9 Å². The van der Waals surface area contributed by atoms with E-state index in [1.54, 1.807) is 6.07 Å². The molecule has 1 heterocycles. The van der Waals surface area contributed by atoms with Gasteiger partial charge >= 0.3 is 0 Å². The number of nitrogens with zero attached hydrogens (tertiary/aromatic N) is 1. The van der Waals surface area contributed by atoms with Crippen LogP contribution in [0.4, 0.5) is 10.3 Å². The summed E-state index contributed by atoms with van der Waals surface area (Å²) >= 11 is 0. The lowest BCUT2D eigenvalue weighted by atomic mass is 10.1. The molecule has 15 heavy (non-hydrogen) atoms. The highest BCUT2D eigenvalue weighted by atomic mass is 19.1. The first-order chi connectivity index (χ1) is 7.22. The molecule has 0 unspecified atom stereocenters. The number of nitrogens with two attached hydrogens (primary N) is 1. The number of aromatic nitrogens is 1. The molecule has 0 amide bonds. The quantitative estimate of drug-likeness (QED) is 0.820. The largest absolute Gasteiger partial charge is 0.494 e. The normalized spacial score (nSPS) is 10.3. The van der Waals surface area contributed by atoms with E-state index in [4.69, 9.17) is 10.5 Å². The second-order valence-electron chi connectivity index (χ2n) is 2.95. The van der Waals surface area contributed by atoms with Crippen molar-refractivity contribution in [3.63, 3.8) is 0 Å². The summed E-state index contributed by atoms with van der Waals surface area (Å²) in [5.74, 6) is -0.0936. The zero-order valence-corrected chi connectivity index (χ0v) is 8.03. The average molecular weight is 208 g/mol.